The van der Waals surface area contributed by atoms with E-state index in [1.54, 1.807) is 11.3 Å². The van der Waals surface area contributed by atoms with Crippen molar-refractivity contribution in [1.82, 2.24) is 5.32 Å². The molecule has 1 aromatic heterocycles. The quantitative estimate of drug-likeness (QED) is 0.829. The van der Waals surface area contributed by atoms with Crippen molar-refractivity contribution in [2.24, 2.45) is 5.41 Å². The van der Waals surface area contributed by atoms with Gasteiger partial charge in [-0.25, -0.2) is 0 Å². The van der Waals surface area contributed by atoms with Crippen LogP contribution in [-0.4, -0.2) is 6.54 Å². The Kier molecular flexibility index (Phi) is 3.93. The van der Waals surface area contributed by atoms with Crippen LogP contribution >= 0.6 is 22.9 Å². The van der Waals surface area contributed by atoms with Crippen LogP contribution in [0.5, 0.6) is 0 Å². The highest BCUT2D eigenvalue weighted by atomic mass is 35.5. The average molecular weight is 258 g/mol. The normalized spacial score (nSPS) is 21.2. The zero-order valence-corrected chi connectivity index (χ0v) is 11.6. The van der Waals surface area contributed by atoms with E-state index in [4.69, 9.17) is 11.6 Å². The minimum absolute atomic E-state index is 0.393. The molecule has 90 valence electrons. The number of hydrogen-bond acceptors (Lipinski definition) is 2. The van der Waals surface area contributed by atoms with Gasteiger partial charge in [0, 0.05) is 10.9 Å². The third-order valence-corrected chi connectivity index (χ3v) is 5.18. The second kappa shape index (κ2) is 5.07. The van der Waals surface area contributed by atoms with Gasteiger partial charge in [-0.05, 0) is 36.2 Å². The summed E-state index contributed by atoms with van der Waals surface area (Å²) in [6.45, 7) is 5.59. The Morgan fingerprint density at radius 3 is 2.69 bits per heavy atom. The Hall–Kier alpha value is -0.0500. The molecule has 0 bridgehead atoms. The first-order valence-corrected chi connectivity index (χ1v) is 7.39. The van der Waals surface area contributed by atoms with E-state index in [2.05, 4.69) is 24.5 Å². The first-order chi connectivity index (χ1) is 7.67. The lowest BCUT2D eigenvalue weighted by atomic mass is 9.80. The topological polar surface area (TPSA) is 12.0 Å². The van der Waals surface area contributed by atoms with Crippen LogP contribution in [0.25, 0.3) is 0 Å². The average Bonchev–Trinajstić information content (AvgIpc) is 2.85. The lowest BCUT2D eigenvalue weighted by Gasteiger charge is -2.34. The van der Waals surface area contributed by atoms with Crippen LogP contribution in [0.4, 0.5) is 0 Å². The molecule has 1 aromatic rings. The van der Waals surface area contributed by atoms with Crippen molar-refractivity contribution in [3.05, 3.63) is 21.3 Å². The number of thiophene rings is 1. The number of hydrogen-bond donors (Lipinski definition) is 1. The molecular formula is C13H20ClNS. The maximum Gasteiger partial charge on any atom is 0.0561 e. The summed E-state index contributed by atoms with van der Waals surface area (Å²) in [5, 5.41) is 6.67. The van der Waals surface area contributed by atoms with Crippen LogP contribution in [-0.2, 0) is 0 Å². The minimum Gasteiger partial charge on any atom is -0.309 e. The smallest absolute Gasteiger partial charge is 0.0561 e. The lowest BCUT2D eigenvalue weighted by Crippen LogP contribution is -2.34. The molecule has 1 fully saturated rings. The van der Waals surface area contributed by atoms with Gasteiger partial charge in [0.05, 0.1) is 5.02 Å². The van der Waals surface area contributed by atoms with Crippen molar-refractivity contribution in [3.8, 4) is 0 Å². The molecule has 2 rings (SSSR count). The molecule has 0 amide bonds. The highest BCUT2D eigenvalue weighted by Crippen LogP contribution is 2.49. The van der Waals surface area contributed by atoms with Gasteiger partial charge in [0.2, 0.25) is 0 Å². The highest BCUT2D eigenvalue weighted by Gasteiger charge is 2.38. The first-order valence-electron chi connectivity index (χ1n) is 6.13. The summed E-state index contributed by atoms with van der Waals surface area (Å²) in [6.07, 6.45) is 5.36. The summed E-state index contributed by atoms with van der Waals surface area (Å²) in [4.78, 5) is 1.33. The number of nitrogens with one attached hydrogen (secondary N) is 1. The van der Waals surface area contributed by atoms with E-state index < -0.39 is 0 Å². The van der Waals surface area contributed by atoms with Gasteiger partial charge < -0.3 is 5.32 Å². The van der Waals surface area contributed by atoms with E-state index in [0.717, 1.165) is 11.6 Å². The van der Waals surface area contributed by atoms with E-state index in [0.29, 0.717) is 11.5 Å². The van der Waals surface area contributed by atoms with Gasteiger partial charge in [-0.15, -0.1) is 11.3 Å². The van der Waals surface area contributed by atoms with Crippen molar-refractivity contribution < 1.29 is 0 Å². The fourth-order valence-corrected chi connectivity index (χ4v) is 4.26. The summed E-state index contributed by atoms with van der Waals surface area (Å²) < 4.78 is 0. The Morgan fingerprint density at radius 1 is 1.50 bits per heavy atom. The molecule has 1 saturated carbocycles. The molecule has 1 nitrogen and oxygen atoms in total. The zero-order valence-electron chi connectivity index (χ0n) is 10.1. The Morgan fingerprint density at radius 2 is 2.19 bits per heavy atom. The van der Waals surface area contributed by atoms with Crippen molar-refractivity contribution in [2.45, 2.75) is 45.6 Å². The van der Waals surface area contributed by atoms with E-state index in [1.807, 2.05) is 6.07 Å². The van der Waals surface area contributed by atoms with Gasteiger partial charge in [-0.2, -0.15) is 0 Å². The lowest BCUT2D eigenvalue weighted by molar-refractivity contribution is 0.229. The largest absolute Gasteiger partial charge is 0.309 e. The van der Waals surface area contributed by atoms with E-state index >= 15 is 0 Å². The summed E-state index contributed by atoms with van der Waals surface area (Å²) >= 11 is 8.07. The van der Waals surface area contributed by atoms with Crippen molar-refractivity contribution in [2.75, 3.05) is 6.54 Å². The van der Waals surface area contributed by atoms with Crippen molar-refractivity contribution in [1.29, 1.82) is 0 Å². The SMILES string of the molecule is CCNC(c1sccc1Cl)C1(C)CCCC1. The molecule has 0 radical (unpaired) electrons. The molecule has 16 heavy (non-hydrogen) atoms. The standard InChI is InChI=1S/C13H20ClNS/c1-3-15-12(11-10(14)6-9-16-11)13(2)7-4-5-8-13/h6,9,12,15H,3-5,7-8H2,1-2H3. The fraction of sp³-hybridized carbons (Fsp3) is 0.692. The Labute approximate surface area is 107 Å². The molecular weight excluding hydrogens is 238 g/mol. The molecule has 1 N–H and O–H groups in total. The van der Waals surface area contributed by atoms with E-state index in [9.17, 15) is 0 Å². The van der Waals surface area contributed by atoms with E-state index in [1.165, 1.54) is 30.6 Å². The van der Waals surface area contributed by atoms with Gasteiger partial charge in [0.1, 0.15) is 0 Å². The van der Waals surface area contributed by atoms with Crippen LogP contribution in [0.1, 0.15) is 50.4 Å². The monoisotopic (exact) mass is 257 g/mol. The molecule has 1 atom stereocenters. The summed E-state index contributed by atoms with van der Waals surface area (Å²) in [5.74, 6) is 0. The fourth-order valence-electron chi connectivity index (χ4n) is 2.84. The highest BCUT2D eigenvalue weighted by molar-refractivity contribution is 7.10. The molecule has 0 aliphatic heterocycles. The number of halogens is 1. The summed E-state index contributed by atoms with van der Waals surface area (Å²) in [5.41, 5.74) is 0.393. The number of rotatable bonds is 4. The molecule has 1 heterocycles. The summed E-state index contributed by atoms with van der Waals surface area (Å²) in [7, 11) is 0. The van der Waals surface area contributed by atoms with Crippen LogP contribution in [0.2, 0.25) is 5.02 Å². The van der Waals surface area contributed by atoms with Crippen molar-refractivity contribution >= 4 is 22.9 Å². The maximum atomic E-state index is 6.28. The maximum absolute atomic E-state index is 6.28. The minimum atomic E-state index is 0.393. The molecule has 1 aliphatic rings. The van der Waals surface area contributed by atoms with Crippen LogP contribution in [0.15, 0.2) is 11.4 Å². The predicted octanol–water partition coefficient (Wildman–Crippen LogP) is 4.63. The Balaban J connectivity index is 2.26. The summed E-state index contributed by atoms with van der Waals surface area (Å²) in [6, 6.07) is 2.46. The van der Waals surface area contributed by atoms with Crippen molar-refractivity contribution in [3.63, 3.8) is 0 Å². The van der Waals surface area contributed by atoms with Gasteiger partial charge in [-0.1, -0.05) is 38.3 Å². The predicted molar refractivity (Wildman–Crippen MR) is 72.3 cm³/mol. The van der Waals surface area contributed by atoms with Gasteiger partial charge in [0.15, 0.2) is 0 Å². The van der Waals surface area contributed by atoms with Gasteiger partial charge in [0.25, 0.3) is 0 Å². The van der Waals surface area contributed by atoms with Crippen LogP contribution < -0.4 is 5.32 Å². The third kappa shape index (κ3) is 2.29. The zero-order chi connectivity index (χ0) is 11.6. The Bertz CT molecular complexity index is 341. The second-order valence-electron chi connectivity index (χ2n) is 4.98. The van der Waals surface area contributed by atoms with Crippen LogP contribution in [0.3, 0.4) is 0 Å². The van der Waals surface area contributed by atoms with Gasteiger partial charge in [-0.3, -0.25) is 0 Å². The van der Waals surface area contributed by atoms with Gasteiger partial charge >= 0.3 is 0 Å². The molecule has 1 aliphatic carbocycles. The molecule has 0 spiro atoms. The molecule has 3 heteroatoms. The van der Waals surface area contributed by atoms with E-state index in [-0.39, 0.29) is 0 Å². The third-order valence-electron chi connectivity index (χ3n) is 3.76. The first kappa shape index (κ1) is 12.4. The molecule has 0 saturated heterocycles. The molecule has 0 aromatic carbocycles. The van der Waals surface area contributed by atoms with Crippen LogP contribution in [0, 0.1) is 5.41 Å². The molecule has 1 unspecified atom stereocenters. The second-order valence-corrected chi connectivity index (χ2v) is 6.34.